The van der Waals surface area contributed by atoms with E-state index in [4.69, 9.17) is 4.52 Å². The molecule has 8 heteroatoms. The van der Waals surface area contributed by atoms with Gasteiger partial charge in [-0.25, -0.2) is 0 Å². The first kappa shape index (κ1) is 23.2. The van der Waals surface area contributed by atoms with Crippen LogP contribution in [0.3, 0.4) is 0 Å². The average Bonchev–Trinajstić information content (AvgIpc) is 3.57. The molecule has 1 amide bonds. The predicted molar refractivity (Wildman–Crippen MR) is 133 cm³/mol. The fourth-order valence-electron chi connectivity index (χ4n) is 4.90. The van der Waals surface area contributed by atoms with E-state index in [-0.39, 0.29) is 11.8 Å². The number of hydrogen-bond acceptors (Lipinski definition) is 7. The van der Waals surface area contributed by atoms with Gasteiger partial charge >= 0.3 is 0 Å². The van der Waals surface area contributed by atoms with Gasteiger partial charge in [-0.05, 0) is 67.9 Å². The maximum absolute atomic E-state index is 12.9. The Balaban J connectivity index is 1.08. The normalized spacial score (nSPS) is 19.8. The van der Waals surface area contributed by atoms with Crippen LogP contribution in [-0.2, 0) is 24.4 Å². The Kier molecular flexibility index (Phi) is 7.68. The van der Waals surface area contributed by atoms with Gasteiger partial charge in [0.2, 0.25) is 17.6 Å². The van der Waals surface area contributed by atoms with Crippen LogP contribution in [0.15, 0.2) is 46.3 Å². The van der Waals surface area contributed by atoms with Crippen molar-refractivity contribution in [1.82, 2.24) is 25.3 Å². The van der Waals surface area contributed by atoms with Crippen LogP contribution in [-0.4, -0.2) is 52.0 Å². The highest BCUT2D eigenvalue weighted by molar-refractivity contribution is 7.13. The number of nitrogens with one attached hydrogen (secondary N) is 1. The summed E-state index contributed by atoms with van der Waals surface area (Å²) in [7, 11) is 0. The van der Waals surface area contributed by atoms with Crippen molar-refractivity contribution < 1.29 is 9.32 Å². The van der Waals surface area contributed by atoms with Gasteiger partial charge in [0.25, 0.3) is 0 Å². The van der Waals surface area contributed by atoms with Gasteiger partial charge in [0.05, 0.1) is 17.3 Å². The number of carbonyl (C=O) groups excluding carboxylic acids is 1. The molecule has 7 nitrogen and oxygen atoms in total. The molecule has 2 fully saturated rings. The van der Waals surface area contributed by atoms with Crippen LogP contribution in [0.2, 0.25) is 0 Å². The molecule has 0 spiro atoms. The van der Waals surface area contributed by atoms with Crippen molar-refractivity contribution in [2.24, 2.45) is 5.92 Å². The second-order valence-electron chi connectivity index (χ2n) is 9.43. The molecule has 2 aliphatic rings. The molecular weight excluding hydrogens is 446 g/mol. The molecule has 2 aromatic heterocycles. The molecular formula is C26H33N5O2S. The van der Waals surface area contributed by atoms with Crippen LogP contribution in [0.5, 0.6) is 0 Å². The minimum absolute atomic E-state index is 0.00758. The third kappa shape index (κ3) is 6.11. The summed E-state index contributed by atoms with van der Waals surface area (Å²) < 4.78 is 5.45. The number of hydrogen-bond donors (Lipinski definition) is 1. The third-order valence-electron chi connectivity index (χ3n) is 6.79. The lowest BCUT2D eigenvalue weighted by Gasteiger charge is -2.30. The number of thiophene rings is 1. The summed E-state index contributed by atoms with van der Waals surface area (Å²) in [4.78, 5) is 23.2. The highest BCUT2D eigenvalue weighted by atomic mass is 32.1. The number of amides is 1. The van der Waals surface area contributed by atoms with Gasteiger partial charge < -0.3 is 9.84 Å². The summed E-state index contributed by atoms with van der Waals surface area (Å²) in [6.45, 7) is 6.26. The minimum atomic E-state index is -0.00758. The van der Waals surface area contributed by atoms with E-state index in [1.165, 1.54) is 37.9 Å². The molecule has 0 aliphatic carbocycles. The Hall–Kier alpha value is -2.55. The van der Waals surface area contributed by atoms with Gasteiger partial charge in [-0.3, -0.25) is 14.6 Å². The second kappa shape index (κ2) is 11.3. The lowest BCUT2D eigenvalue weighted by Crippen LogP contribution is -2.42. The molecule has 3 aromatic rings. The van der Waals surface area contributed by atoms with Crippen LogP contribution >= 0.6 is 11.3 Å². The summed E-state index contributed by atoms with van der Waals surface area (Å²) >= 11 is 1.60. The molecule has 0 bridgehead atoms. The Morgan fingerprint density at radius 2 is 1.79 bits per heavy atom. The largest absolute Gasteiger partial charge is 0.352 e. The van der Waals surface area contributed by atoms with E-state index < -0.39 is 0 Å². The molecule has 1 N–H and O–H groups in total. The molecule has 2 aliphatic heterocycles. The van der Waals surface area contributed by atoms with E-state index in [1.54, 1.807) is 11.3 Å². The Morgan fingerprint density at radius 1 is 1.00 bits per heavy atom. The van der Waals surface area contributed by atoms with Crippen LogP contribution in [0.4, 0.5) is 0 Å². The summed E-state index contributed by atoms with van der Waals surface area (Å²) in [5.41, 5.74) is 2.50. The molecule has 0 radical (unpaired) electrons. The standard InChI is InChI=1S/C26H33N5O2S/c32-26(27-16-20-8-10-21(11-9-20)17-30-12-2-1-3-13-30)22-6-4-14-31(18-22)19-24-28-25(29-33-24)23-7-5-15-34-23/h5,7-11,15,22H,1-4,6,12-14,16-19H2,(H,27,32). The van der Waals surface area contributed by atoms with Crippen molar-refractivity contribution in [1.29, 1.82) is 0 Å². The van der Waals surface area contributed by atoms with Gasteiger partial charge in [-0.2, -0.15) is 4.98 Å². The first-order valence-electron chi connectivity index (χ1n) is 12.4. The molecule has 1 aromatic carbocycles. The van der Waals surface area contributed by atoms with E-state index in [2.05, 4.69) is 49.5 Å². The smallest absolute Gasteiger partial charge is 0.241 e. The topological polar surface area (TPSA) is 74.5 Å². The molecule has 5 rings (SSSR count). The zero-order chi connectivity index (χ0) is 23.2. The fourth-order valence-corrected chi connectivity index (χ4v) is 5.55. The quantitative estimate of drug-likeness (QED) is 0.519. The zero-order valence-corrected chi connectivity index (χ0v) is 20.4. The van der Waals surface area contributed by atoms with Gasteiger partial charge in [-0.1, -0.05) is 41.9 Å². The number of carbonyl (C=O) groups is 1. The molecule has 1 unspecified atom stereocenters. The first-order chi connectivity index (χ1) is 16.7. The molecule has 4 heterocycles. The molecule has 0 saturated carbocycles. The first-order valence-corrected chi connectivity index (χ1v) is 13.3. The second-order valence-corrected chi connectivity index (χ2v) is 10.4. The van der Waals surface area contributed by atoms with Crippen molar-refractivity contribution >= 4 is 17.2 Å². The zero-order valence-electron chi connectivity index (χ0n) is 19.6. The van der Waals surface area contributed by atoms with Crippen LogP contribution in [0.1, 0.15) is 49.1 Å². The Bertz CT molecular complexity index is 1040. The van der Waals surface area contributed by atoms with Crippen LogP contribution < -0.4 is 5.32 Å². The van der Waals surface area contributed by atoms with Gasteiger partial charge in [0, 0.05) is 19.6 Å². The maximum Gasteiger partial charge on any atom is 0.241 e. The highest BCUT2D eigenvalue weighted by Crippen LogP contribution is 2.23. The van der Waals surface area contributed by atoms with Crippen molar-refractivity contribution in [3.05, 3.63) is 58.8 Å². The Labute approximate surface area is 205 Å². The number of likely N-dealkylation sites (tertiary alicyclic amines) is 2. The van der Waals surface area contributed by atoms with E-state index >= 15 is 0 Å². The Morgan fingerprint density at radius 3 is 2.59 bits per heavy atom. The highest BCUT2D eigenvalue weighted by Gasteiger charge is 2.27. The predicted octanol–water partition coefficient (Wildman–Crippen LogP) is 4.31. The summed E-state index contributed by atoms with van der Waals surface area (Å²) in [6, 6.07) is 12.7. The maximum atomic E-state index is 12.9. The van der Waals surface area contributed by atoms with Gasteiger partial charge in [0.15, 0.2) is 0 Å². The third-order valence-corrected chi connectivity index (χ3v) is 7.66. The number of aromatic nitrogens is 2. The van der Waals surface area contributed by atoms with Crippen LogP contribution in [0.25, 0.3) is 10.7 Å². The molecule has 180 valence electrons. The number of benzene rings is 1. The lowest BCUT2D eigenvalue weighted by molar-refractivity contribution is -0.127. The molecule has 1 atom stereocenters. The lowest BCUT2D eigenvalue weighted by atomic mass is 9.97. The molecule has 34 heavy (non-hydrogen) atoms. The summed E-state index contributed by atoms with van der Waals surface area (Å²) in [6.07, 6.45) is 5.90. The van der Waals surface area contributed by atoms with E-state index in [1.807, 2.05) is 17.5 Å². The molecule has 2 saturated heterocycles. The summed E-state index contributed by atoms with van der Waals surface area (Å²) in [5, 5.41) is 9.25. The number of nitrogens with zero attached hydrogens (tertiary/aromatic N) is 4. The van der Waals surface area contributed by atoms with Crippen molar-refractivity contribution in [2.75, 3.05) is 26.2 Å². The van der Waals surface area contributed by atoms with E-state index in [0.29, 0.717) is 24.8 Å². The van der Waals surface area contributed by atoms with Crippen molar-refractivity contribution in [3.63, 3.8) is 0 Å². The van der Waals surface area contributed by atoms with Gasteiger partial charge in [0.1, 0.15) is 0 Å². The van der Waals surface area contributed by atoms with Crippen molar-refractivity contribution in [2.45, 2.75) is 51.7 Å². The summed E-state index contributed by atoms with van der Waals surface area (Å²) in [5.74, 6) is 1.37. The average molecular weight is 480 g/mol. The van der Waals surface area contributed by atoms with Crippen molar-refractivity contribution in [3.8, 4) is 10.7 Å². The van der Waals surface area contributed by atoms with Crippen LogP contribution in [0, 0.1) is 5.92 Å². The van der Waals surface area contributed by atoms with Gasteiger partial charge in [-0.15, -0.1) is 11.3 Å². The number of piperidine rings is 2. The fraction of sp³-hybridized carbons (Fsp3) is 0.500. The van der Waals surface area contributed by atoms with E-state index in [9.17, 15) is 4.79 Å². The van der Waals surface area contributed by atoms with E-state index in [0.717, 1.165) is 42.9 Å². The SMILES string of the molecule is O=C(NCc1ccc(CN2CCCCC2)cc1)C1CCCN(Cc2nc(-c3cccs3)no2)C1. The monoisotopic (exact) mass is 479 g/mol. The minimum Gasteiger partial charge on any atom is -0.352 e. The number of rotatable bonds is 8.